The Balaban J connectivity index is 2.74. The topological polar surface area (TPSA) is 17.1 Å². The number of hydrogen-bond donors (Lipinski definition) is 0. The van der Waals surface area contributed by atoms with Crippen LogP contribution in [0.2, 0.25) is 0 Å². The van der Waals surface area contributed by atoms with E-state index in [1.165, 1.54) is 5.57 Å². The molecule has 1 rings (SSSR count). The van der Waals surface area contributed by atoms with Crippen LogP contribution in [0.3, 0.4) is 0 Å². The SMILES string of the molecule is CCC(C)=C(C)C(=O)C1C=CCCC1. The van der Waals surface area contributed by atoms with Gasteiger partial charge in [0, 0.05) is 5.92 Å². The number of Topliss-reactive ketones (excluding diaryl/α,β-unsaturated/α-hetero) is 1. The zero-order valence-electron chi connectivity index (χ0n) is 9.47. The van der Waals surface area contributed by atoms with E-state index in [9.17, 15) is 4.79 Å². The van der Waals surface area contributed by atoms with Crippen LogP contribution in [0.5, 0.6) is 0 Å². The average Bonchev–Trinajstić information content (AvgIpc) is 2.27. The van der Waals surface area contributed by atoms with Crippen LogP contribution in [0.1, 0.15) is 46.5 Å². The summed E-state index contributed by atoms with van der Waals surface area (Å²) in [5.41, 5.74) is 2.21. The van der Waals surface area contributed by atoms with E-state index in [0.717, 1.165) is 31.3 Å². The summed E-state index contributed by atoms with van der Waals surface area (Å²) in [5.74, 6) is 0.491. The summed E-state index contributed by atoms with van der Waals surface area (Å²) in [5, 5.41) is 0. The Hall–Kier alpha value is -0.850. The van der Waals surface area contributed by atoms with Gasteiger partial charge in [0.1, 0.15) is 0 Å². The minimum atomic E-state index is 0.158. The monoisotopic (exact) mass is 192 g/mol. The molecule has 1 nitrogen and oxygen atoms in total. The number of allylic oxidation sites excluding steroid dienone is 4. The molecule has 1 aliphatic carbocycles. The summed E-state index contributed by atoms with van der Waals surface area (Å²) in [7, 11) is 0. The molecule has 0 aromatic heterocycles. The second-order valence-electron chi connectivity index (χ2n) is 4.09. The van der Waals surface area contributed by atoms with Gasteiger partial charge in [-0.15, -0.1) is 0 Å². The minimum absolute atomic E-state index is 0.158. The number of carbonyl (C=O) groups excluding carboxylic acids is 1. The van der Waals surface area contributed by atoms with Gasteiger partial charge in [0.15, 0.2) is 5.78 Å². The van der Waals surface area contributed by atoms with Crippen molar-refractivity contribution in [1.29, 1.82) is 0 Å². The zero-order chi connectivity index (χ0) is 10.6. The van der Waals surface area contributed by atoms with Crippen LogP contribution in [0.25, 0.3) is 0 Å². The normalized spacial score (nSPS) is 23.2. The number of rotatable bonds is 3. The number of hydrogen-bond acceptors (Lipinski definition) is 1. The Morgan fingerprint density at radius 2 is 2.14 bits per heavy atom. The molecule has 1 heteroatoms. The fraction of sp³-hybridized carbons (Fsp3) is 0.615. The van der Waals surface area contributed by atoms with Gasteiger partial charge in [-0.3, -0.25) is 4.79 Å². The van der Waals surface area contributed by atoms with Crippen LogP contribution < -0.4 is 0 Å². The van der Waals surface area contributed by atoms with Crippen molar-refractivity contribution < 1.29 is 4.79 Å². The molecule has 1 unspecified atom stereocenters. The highest BCUT2D eigenvalue weighted by molar-refractivity contribution is 5.98. The van der Waals surface area contributed by atoms with Crippen molar-refractivity contribution in [2.45, 2.75) is 46.5 Å². The molecule has 0 bridgehead atoms. The highest BCUT2D eigenvalue weighted by Gasteiger charge is 2.19. The molecule has 14 heavy (non-hydrogen) atoms. The Morgan fingerprint density at radius 3 is 2.64 bits per heavy atom. The molecule has 0 amide bonds. The molecule has 0 spiro atoms. The van der Waals surface area contributed by atoms with Gasteiger partial charge in [-0.2, -0.15) is 0 Å². The lowest BCUT2D eigenvalue weighted by molar-refractivity contribution is -0.118. The molecule has 0 radical (unpaired) electrons. The summed E-state index contributed by atoms with van der Waals surface area (Å²) in [6, 6.07) is 0. The van der Waals surface area contributed by atoms with Crippen molar-refractivity contribution in [3.63, 3.8) is 0 Å². The molecule has 0 aliphatic heterocycles. The Bertz CT molecular complexity index is 271. The van der Waals surface area contributed by atoms with E-state index in [-0.39, 0.29) is 5.92 Å². The fourth-order valence-electron chi connectivity index (χ4n) is 1.78. The Labute approximate surface area is 86.9 Å². The van der Waals surface area contributed by atoms with E-state index in [1.807, 2.05) is 6.92 Å². The van der Waals surface area contributed by atoms with Crippen LogP contribution in [0, 0.1) is 5.92 Å². The van der Waals surface area contributed by atoms with Crippen molar-refractivity contribution in [3.8, 4) is 0 Å². The van der Waals surface area contributed by atoms with Crippen molar-refractivity contribution in [2.24, 2.45) is 5.92 Å². The first-order chi connectivity index (χ1) is 6.66. The fourth-order valence-corrected chi connectivity index (χ4v) is 1.78. The Kier molecular flexibility index (Phi) is 4.12. The van der Waals surface area contributed by atoms with E-state index >= 15 is 0 Å². The molecule has 0 aromatic rings. The van der Waals surface area contributed by atoms with E-state index in [1.54, 1.807) is 0 Å². The lowest BCUT2D eigenvalue weighted by atomic mass is 9.87. The molecule has 1 atom stereocenters. The van der Waals surface area contributed by atoms with Crippen LogP contribution in [-0.2, 0) is 4.79 Å². The largest absolute Gasteiger partial charge is 0.294 e. The first-order valence-electron chi connectivity index (χ1n) is 5.54. The second kappa shape index (κ2) is 5.14. The van der Waals surface area contributed by atoms with E-state index in [0.29, 0.717) is 5.78 Å². The first kappa shape index (κ1) is 11.2. The third-order valence-electron chi connectivity index (χ3n) is 3.13. The molecule has 1 aliphatic rings. The molecule has 0 saturated heterocycles. The van der Waals surface area contributed by atoms with Gasteiger partial charge in [0.2, 0.25) is 0 Å². The highest BCUT2D eigenvalue weighted by atomic mass is 16.1. The third kappa shape index (κ3) is 2.57. The molecular weight excluding hydrogens is 172 g/mol. The molecule has 0 N–H and O–H groups in total. The molecule has 0 aromatic carbocycles. The van der Waals surface area contributed by atoms with Gasteiger partial charge < -0.3 is 0 Å². The van der Waals surface area contributed by atoms with Gasteiger partial charge in [0.05, 0.1) is 0 Å². The van der Waals surface area contributed by atoms with Crippen molar-refractivity contribution in [3.05, 3.63) is 23.3 Å². The van der Waals surface area contributed by atoms with Crippen LogP contribution in [0.15, 0.2) is 23.3 Å². The van der Waals surface area contributed by atoms with Crippen molar-refractivity contribution in [2.75, 3.05) is 0 Å². The predicted octanol–water partition coefficient (Wildman–Crippen LogP) is 3.66. The first-order valence-corrected chi connectivity index (χ1v) is 5.54. The summed E-state index contributed by atoms with van der Waals surface area (Å²) in [6.07, 6.45) is 8.53. The Morgan fingerprint density at radius 1 is 1.43 bits per heavy atom. The lowest BCUT2D eigenvalue weighted by Gasteiger charge is -2.16. The smallest absolute Gasteiger partial charge is 0.165 e. The maximum atomic E-state index is 12.0. The number of ketones is 1. The van der Waals surface area contributed by atoms with Crippen LogP contribution in [-0.4, -0.2) is 5.78 Å². The van der Waals surface area contributed by atoms with Gasteiger partial charge in [-0.05, 0) is 45.1 Å². The van der Waals surface area contributed by atoms with Crippen LogP contribution >= 0.6 is 0 Å². The summed E-state index contributed by atoms with van der Waals surface area (Å²) >= 11 is 0. The maximum Gasteiger partial charge on any atom is 0.165 e. The predicted molar refractivity (Wildman–Crippen MR) is 60.2 cm³/mol. The molecular formula is C13H20O. The van der Waals surface area contributed by atoms with E-state index in [2.05, 4.69) is 26.0 Å². The second-order valence-corrected chi connectivity index (χ2v) is 4.09. The zero-order valence-corrected chi connectivity index (χ0v) is 9.47. The number of carbonyl (C=O) groups is 1. The van der Waals surface area contributed by atoms with Crippen molar-refractivity contribution in [1.82, 2.24) is 0 Å². The van der Waals surface area contributed by atoms with Gasteiger partial charge in [0.25, 0.3) is 0 Å². The van der Waals surface area contributed by atoms with Gasteiger partial charge in [-0.1, -0.05) is 24.6 Å². The molecule has 78 valence electrons. The summed E-state index contributed by atoms with van der Waals surface area (Å²) < 4.78 is 0. The quantitative estimate of drug-likeness (QED) is 0.492. The van der Waals surface area contributed by atoms with Gasteiger partial charge >= 0.3 is 0 Å². The molecule has 0 fully saturated rings. The molecule has 0 saturated carbocycles. The van der Waals surface area contributed by atoms with Crippen molar-refractivity contribution >= 4 is 5.78 Å². The highest BCUT2D eigenvalue weighted by Crippen LogP contribution is 2.22. The minimum Gasteiger partial charge on any atom is -0.294 e. The molecule has 0 heterocycles. The average molecular weight is 192 g/mol. The standard InChI is InChI=1S/C13H20O/c1-4-10(2)11(3)13(14)12-8-6-5-7-9-12/h6,8,12H,4-5,7,9H2,1-3H3. The lowest BCUT2D eigenvalue weighted by Crippen LogP contribution is -2.16. The van der Waals surface area contributed by atoms with E-state index in [4.69, 9.17) is 0 Å². The van der Waals surface area contributed by atoms with Crippen LogP contribution in [0.4, 0.5) is 0 Å². The van der Waals surface area contributed by atoms with E-state index < -0.39 is 0 Å². The van der Waals surface area contributed by atoms with Gasteiger partial charge in [-0.25, -0.2) is 0 Å². The summed E-state index contributed by atoms with van der Waals surface area (Å²) in [6.45, 7) is 6.12. The summed E-state index contributed by atoms with van der Waals surface area (Å²) in [4.78, 5) is 12.0. The third-order valence-corrected chi connectivity index (χ3v) is 3.13. The maximum absolute atomic E-state index is 12.0.